The van der Waals surface area contributed by atoms with Crippen LogP contribution in [0.25, 0.3) is 5.32 Å². The summed E-state index contributed by atoms with van der Waals surface area (Å²) in [7, 11) is 5.34. The van der Waals surface area contributed by atoms with Crippen LogP contribution in [0.15, 0.2) is 29.4 Å². The van der Waals surface area contributed by atoms with Crippen LogP contribution in [0.3, 0.4) is 0 Å². The van der Waals surface area contributed by atoms with E-state index in [1.165, 1.54) is 0 Å². The summed E-state index contributed by atoms with van der Waals surface area (Å²) in [4.78, 5) is 4.19. The predicted octanol–water partition coefficient (Wildman–Crippen LogP) is 3.28. The molecule has 0 saturated carbocycles. The van der Waals surface area contributed by atoms with E-state index in [4.69, 9.17) is 0 Å². The van der Waals surface area contributed by atoms with Gasteiger partial charge in [0.2, 0.25) is 0 Å². The molecule has 0 spiro atoms. The molecule has 0 fully saturated rings. The first-order valence-electron chi connectivity index (χ1n) is 3.69. The molecule has 1 rings (SSSR count). The Kier molecular flexibility index (Phi) is 10.8. The van der Waals surface area contributed by atoms with Crippen molar-refractivity contribution in [1.82, 2.24) is 4.98 Å². The van der Waals surface area contributed by atoms with Crippen molar-refractivity contribution in [3.8, 4) is 0 Å². The number of rotatable bonds is 5. The fraction of sp³-hybridized carbons (Fsp3) is 0.333. The van der Waals surface area contributed by atoms with E-state index in [9.17, 15) is 0 Å². The Labute approximate surface area is 88.3 Å². The van der Waals surface area contributed by atoms with Gasteiger partial charge in [0, 0.05) is 6.20 Å². The molecule has 0 saturated heterocycles. The molecule has 1 heterocycles. The van der Waals surface area contributed by atoms with E-state index in [-0.39, 0.29) is 7.43 Å². The maximum Gasteiger partial charge on any atom is 0.106 e. The summed E-state index contributed by atoms with van der Waals surface area (Å²) < 4.78 is 0. The Bertz CT molecular complexity index is 209. The number of nitrogens with zero attached hydrogens (tertiary/aromatic N) is 2. The van der Waals surface area contributed by atoms with Crippen LogP contribution < -0.4 is 0 Å². The van der Waals surface area contributed by atoms with E-state index in [1.54, 1.807) is 21.6 Å². The summed E-state index contributed by atoms with van der Waals surface area (Å²) >= 11 is 0. The second kappa shape index (κ2) is 9.89. The van der Waals surface area contributed by atoms with E-state index in [0.29, 0.717) is 0 Å². The molecular weight excluding hydrogens is 467 g/mol. The average Bonchev–Trinajstić information content (AvgIpc) is 2.14. The third-order valence-electron chi connectivity index (χ3n) is 1.18. The zero-order chi connectivity index (χ0) is 8.65. The summed E-state index contributed by atoms with van der Waals surface area (Å²) in [6.07, 6.45) is 1.81. The Morgan fingerprint density at radius 1 is 1.43 bits per heavy atom. The van der Waals surface area contributed by atoms with E-state index >= 15 is 0 Å². The smallest absolute Gasteiger partial charge is 0.106 e. The predicted molar refractivity (Wildman–Crippen MR) is 63.1 cm³/mol. The molecule has 0 aliphatic carbocycles. The van der Waals surface area contributed by atoms with Crippen LogP contribution in [0.4, 0.5) is 0 Å². The Morgan fingerprint density at radius 2 is 2.21 bits per heavy atom. The summed E-state index contributed by atoms with van der Waals surface area (Å²) in [5.41, 5.74) is 0. The molecule has 0 unspecified atom stereocenters. The molecule has 14 heavy (non-hydrogen) atoms. The number of hydrogen-bond acceptors (Lipinski definition) is 3. The third kappa shape index (κ3) is 6.34. The van der Waals surface area contributed by atoms with Gasteiger partial charge in [0.15, 0.2) is 0 Å². The van der Waals surface area contributed by atoms with Crippen LogP contribution in [-0.4, -0.2) is 24.3 Å². The topological polar surface area (TPSA) is 27.0 Å². The van der Waals surface area contributed by atoms with Crippen molar-refractivity contribution >= 4 is 21.6 Å². The fourth-order valence-electron chi connectivity index (χ4n) is 0.627. The standard InChI is InChI=1S/C8H11N2S2.CH3.Rf/c1-9-6-7-11-12-8-4-2-3-5-10-8;;/h2-5H,6-7H2,1H3;1H3;/q2*-1;. The van der Waals surface area contributed by atoms with Crippen LogP contribution in [0, 0.1) is 7.43 Å². The van der Waals surface area contributed by atoms with Gasteiger partial charge in [-0.25, -0.2) is 4.98 Å². The zero-order valence-corrected chi connectivity index (χ0v) is 16.7. The van der Waals surface area contributed by atoms with E-state index in [2.05, 4.69) is 10.3 Å². The van der Waals surface area contributed by atoms with E-state index in [0.717, 1.165) is 17.3 Å². The normalized spacial score (nSPS) is 8.64. The Morgan fingerprint density at radius 3 is 2.79 bits per heavy atom. The monoisotopic (exact) mass is 481 g/mol. The molecule has 0 aromatic carbocycles. The van der Waals surface area contributed by atoms with Gasteiger partial charge >= 0.3 is 0 Å². The molecule has 0 radical (unpaired) electrons. The van der Waals surface area contributed by atoms with Gasteiger partial charge in [-0.2, -0.15) is 7.05 Å². The summed E-state index contributed by atoms with van der Waals surface area (Å²) in [6.45, 7) is 0.921. The second-order valence-electron chi connectivity index (χ2n) is 2.11. The van der Waals surface area contributed by atoms with E-state index < -0.39 is 0 Å². The van der Waals surface area contributed by atoms with Gasteiger partial charge in [-0.3, -0.25) is 0 Å². The van der Waals surface area contributed by atoms with Crippen molar-refractivity contribution < 1.29 is 0 Å². The molecule has 2 nitrogen and oxygen atoms in total. The molecule has 0 aliphatic rings. The third-order valence-corrected chi connectivity index (χ3v) is 3.43. The van der Waals surface area contributed by atoms with Gasteiger partial charge < -0.3 is 12.7 Å². The van der Waals surface area contributed by atoms with Crippen LogP contribution in [0.1, 0.15) is 0 Å². The van der Waals surface area contributed by atoms with Gasteiger partial charge in [0.25, 0.3) is 0 Å². The van der Waals surface area contributed by atoms with Gasteiger partial charge in [0.05, 0.1) is 0 Å². The van der Waals surface area contributed by atoms with Gasteiger partial charge in [-0.15, -0.1) is 6.54 Å². The van der Waals surface area contributed by atoms with Gasteiger partial charge in [0.1, 0.15) is 5.03 Å². The first-order valence-corrected chi connectivity index (χ1v) is 6.01. The minimum absolute atomic E-state index is 0. The average molecular weight is 481 g/mol. The first kappa shape index (κ1) is 15.3. The van der Waals surface area contributed by atoms with Crippen molar-refractivity contribution in [2.45, 2.75) is 5.03 Å². The first-order chi connectivity index (χ1) is 5.93. The Hall–Kier alpha value is -1.19. The molecule has 0 bridgehead atoms. The molecule has 1 aromatic heterocycles. The second-order valence-corrected chi connectivity index (χ2v) is 4.55. The Balaban J connectivity index is 0. The van der Waals surface area contributed by atoms with E-state index in [1.807, 2.05) is 31.4 Å². The fourth-order valence-corrected chi connectivity index (χ4v) is 2.46. The van der Waals surface area contributed by atoms with Gasteiger partial charge in [-0.1, -0.05) is 16.9 Å². The van der Waals surface area contributed by atoms with Crippen molar-refractivity contribution in [1.29, 1.82) is 0 Å². The molecule has 0 N–H and O–H groups in total. The van der Waals surface area contributed by atoms with Crippen molar-refractivity contribution in [3.05, 3.63) is 37.1 Å². The maximum atomic E-state index is 4.19. The molecular formula is C9H14N2RfS2-2. The molecule has 76 valence electrons. The quantitative estimate of drug-likeness (QED) is 0.367. The van der Waals surface area contributed by atoms with Gasteiger partial charge in [-0.05, 0) is 28.7 Å². The van der Waals surface area contributed by atoms with Crippen LogP contribution in [0.2, 0.25) is 0 Å². The molecule has 0 aliphatic heterocycles. The number of pyridine rings is 1. The maximum absolute atomic E-state index is 4.19. The number of aromatic nitrogens is 1. The summed E-state index contributed by atoms with van der Waals surface area (Å²) in [6, 6.07) is 5.94. The van der Waals surface area contributed by atoms with Crippen LogP contribution in [0.5, 0.6) is 0 Å². The zero-order valence-electron chi connectivity index (χ0n) is 8.64. The number of hydrogen-bond donors (Lipinski definition) is 0. The largest absolute Gasteiger partial charge is 0.664 e. The summed E-state index contributed by atoms with van der Waals surface area (Å²) in [5, 5.41) is 5.08. The van der Waals surface area contributed by atoms with Crippen molar-refractivity contribution in [2.75, 3.05) is 19.3 Å². The molecule has 0 atom stereocenters. The minimum atomic E-state index is 0. The van der Waals surface area contributed by atoms with Crippen molar-refractivity contribution in [3.63, 3.8) is 0 Å². The van der Waals surface area contributed by atoms with Crippen LogP contribution >= 0.6 is 21.6 Å². The van der Waals surface area contributed by atoms with Crippen LogP contribution in [-0.2, 0) is 0 Å². The van der Waals surface area contributed by atoms with Crippen molar-refractivity contribution in [2.24, 2.45) is 0 Å². The molecule has 1 aromatic rings. The molecule has 5 heteroatoms. The minimum Gasteiger partial charge on any atom is -0.664 e. The SMILES string of the molecule is C[N-]CCSSc1ccccn1.[CH3-].[Rf]. The molecule has 0 amide bonds. The summed E-state index contributed by atoms with van der Waals surface area (Å²) in [5.74, 6) is 1.05.